The third-order valence-corrected chi connectivity index (χ3v) is 4.21. The summed E-state index contributed by atoms with van der Waals surface area (Å²) >= 11 is 1.80. The van der Waals surface area contributed by atoms with Gasteiger partial charge in [0, 0.05) is 28.7 Å². The number of rotatable bonds is 4. The van der Waals surface area contributed by atoms with Crippen molar-refractivity contribution in [1.82, 2.24) is 10.3 Å². The van der Waals surface area contributed by atoms with E-state index in [2.05, 4.69) is 65.1 Å². The summed E-state index contributed by atoms with van der Waals surface area (Å²) in [7, 11) is 0. The van der Waals surface area contributed by atoms with E-state index in [1.165, 1.54) is 21.5 Å². The molecule has 0 aliphatic carbocycles. The van der Waals surface area contributed by atoms with Gasteiger partial charge in [-0.25, -0.2) is 0 Å². The molecule has 2 N–H and O–H groups in total. The molecule has 0 saturated heterocycles. The van der Waals surface area contributed by atoms with E-state index in [4.69, 9.17) is 0 Å². The number of aromatic amines is 1. The molecule has 0 radical (unpaired) electrons. The predicted octanol–water partition coefficient (Wildman–Crippen LogP) is 4.08. The molecule has 3 rings (SSSR count). The lowest BCUT2D eigenvalue weighted by Gasteiger charge is -2.10. The molecule has 0 spiro atoms. The van der Waals surface area contributed by atoms with Gasteiger partial charge >= 0.3 is 0 Å². The van der Waals surface area contributed by atoms with Crippen LogP contribution in [0.5, 0.6) is 0 Å². The van der Waals surface area contributed by atoms with Gasteiger partial charge in [0.05, 0.1) is 0 Å². The standard InChI is InChI=1S/C15H16N2S/c1-11(15-7-4-8-18-15)16-10-13-9-12-5-2-3-6-14(12)17-13/h2-9,11,16-17H,10H2,1H3. The molecule has 1 atom stereocenters. The molecule has 2 nitrogen and oxygen atoms in total. The highest BCUT2D eigenvalue weighted by molar-refractivity contribution is 7.10. The van der Waals surface area contributed by atoms with Crippen LogP contribution < -0.4 is 5.32 Å². The number of thiophene rings is 1. The molecule has 0 bridgehead atoms. The molecule has 0 amide bonds. The van der Waals surface area contributed by atoms with Crippen molar-refractivity contribution in [1.29, 1.82) is 0 Å². The van der Waals surface area contributed by atoms with Gasteiger partial charge in [0.15, 0.2) is 0 Å². The number of nitrogens with one attached hydrogen (secondary N) is 2. The van der Waals surface area contributed by atoms with Crippen LogP contribution in [-0.2, 0) is 6.54 Å². The lowest BCUT2D eigenvalue weighted by Crippen LogP contribution is -2.17. The van der Waals surface area contributed by atoms with Crippen LogP contribution in [0.15, 0.2) is 47.8 Å². The molecule has 92 valence electrons. The Labute approximate surface area is 111 Å². The second-order valence-electron chi connectivity index (χ2n) is 4.50. The maximum atomic E-state index is 3.54. The number of aromatic nitrogens is 1. The summed E-state index contributed by atoms with van der Waals surface area (Å²) in [5.74, 6) is 0. The first-order chi connectivity index (χ1) is 8.83. The molecule has 3 heteroatoms. The van der Waals surface area contributed by atoms with E-state index >= 15 is 0 Å². The Morgan fingerprint density at radius 1 is 1.22 bits per heavy atom. The fraction of sp³-hybridized carbons (Fsp3) is 0.200. The van der Waals surface area contributed by atoms with E-state index in [0.717, 1.165) is 6.54 Å². The number of benzene rings is 1. The monoisotopic (exact) mass is 256 g/mol. The predicted molar refractivity (Wildman–Crippen MR) is 77.9 cm³/mol. The summed E-state index contributed by atoms with van der Waals surface area (Å²) in [5, 5.41) is 6.94. The average molecular weight is 256 g/mol. The molecule has 2 heterocycles. The Bertz CT molecular complexity index is 592. The zero-order valence-corrected chi connectivity index (χ0v) is 11.1. The second kappa shape index (κ2) is 4.96. The van der Waals surface area contributed by atoms with Gasteiger partial charge in [-0.3, -0.25) is 0 Å². The highest BCUT2D eigenvalue weighted by Crippen LogP contribution is 2.19. The van der Waals surface area contributed by atoms with Crippen LogP contribution in [0.4, 0.5) is 0 Å². The fourth-order valence-corrected chi connectivity index (χ4v) is 2.89. The lowest BCUT2D eigenvalue weighted by molar-refractivity contribution is 0.577. The maximum absolute atomic E-state index is 3.54. The number of hydrogen-bond donors (Lipinski definition) is 2. The Morgan fingerprint density at radius 3 is 2.89 bits per heavy atom. The van der Waals surface area contributed by atoms with Crippen molar-refractivity contribution >= 4 is 22.2 Å². The topological polar surface area (TPSA) is 27.8 Å². The van der Waals surface area contributed by atoms with Crippen LogP contribution in [0.3, 0.4) is 0 Å². The van der Waals surface area contributed by atoms with Gasteiger partial charge in [-0.2, -0.15) is 0 Å². The van der Waals surface area contributed by atoms with Crippen LogP contribution in [0.25, 0.3) is 10.9 Å². The van der Waals surface area contributed by atoms with E-state index in [9.17, 15) is 0 Å². The highest BCUT2D eigenvalue weighted by atomic mass is 32.1. The number of H-pyrrole nitrogens is 1. The van der Waals surface area contributed by atoms with Crippen LogP contribution in [0.2, 0.25) is 0 Å². The third kappa shape index (κ3) is 2.33. The van der Waals surface area contributed by atoms with Crippen molar-refractivity contribution in [2.75, 3.05) is 0 Å². The van der Waals surface area contributed by atoms with E-state index in [1.807, 2.05) is 0 Å². The van der Waals surface area contributed by atoms with Gasteiger partial charge in [0.1, 0.15) is 0 Å². The summed E-state index contributed by atoms with van der Waals surface area (Å²) in [4.78, 5) is 4.82. The number of hydrogen-bond acceptors (Lipinski definition) is 2. The van der Waals surface area contributed by atoms with Crippen LogP contribution in [-0.4, -0.2) is 4.98 Å². The summed E-state index contributed by atoms with van der Waals surface area (Å²) in [6.07, 6.45) is 0. The largest absolute Gasteiger partial charge is 0.357 e. The smallest absolute Gasteiger partial charge is 0.0456 e. The molecule has 2 aromatic heterocycles. The highest BCUT2D eigenvalue weighted by Gasteiger charge is 2.06. The lowest BCUT2D eigenvalue weighted by atomic mass is 10.2. The van der Waals surface area contributed by atoms with E-state index < -0.39 is 0 Å². The van der Waals surface area contributed by atoms with Crippen molar-refractivity contribution in [2.24, 2.45) is 0 Å². The molecule has 18 heavy (non-hydrogen) atoms. The first-order valence-electron chi connectivity index (χ1n) is 6.16. The Kier molecular flexibility index (Phi) is 3.17. The van der Waals surface area contributed by atoms with Crippen molar-refractivity contribution in [3.63, 3.8) is 0 Å². The zero-order chi connectivity index (χ0) is 12.4. The minimum absolute atomic E-state index is 0.399. The van der Waals surface area contributed by atoms with Gasteiger partial charge in [-0.15, -0.1) is 11.3 Å². The normalized spacial score (nSPS) is 12.9. The Morgan fingerprint density at radius 2 is 2.11 bits per heavy atom. The average Bonchev–Trinajstić information content (AvgIpc) is 3.04. The minimum Gasteiger partial charge on any atom is -0.357 e. The van der Waals surface area contributed by atoms with Gasteiger partial charge in [-0.05, 0) is 35.9 Å². The van der Waals surface area contributed by atoms with E-state index in [-0.39, 0.29) is 0 Å². The van der Waals surface area contributed by atoms with Crippen LogP contribution >= 0.6 is 11.3 Å². The maximum Gasteiger partial charge on any atom is 0.0456 e. The van der Waals surface area contributed by atoms with Gasteiger partial charge < -0.3 is 10.3 Å². The summed E-state index contributed by atoms with van der Waals surface area (Å²) < 4.78 is 0. The molecule has 0 aliphatic rings. The molecule has 3 aromatic rings. The van der Waals surface area contributed by atoms with Gasteiger partial charge in [0.2, 0.25) is 0 Å². The molecule has 0 aliphatic heterocycles. The molecular formula is C15H16N2S. The van der Waals surface area contributed by atoms with Crippen molar-refractivity contribution in [3.05, 3.63) is 58.4 Å². The minimum atomic E-state index is 0.399. The van der Waals surface area contributed by atoms with Gasteiger partial charge in [-0.1, -0.05) is 24.3 Å². The molecule has 0 saturated carbocycles. The quantitative estimate of drug-likeness (QED) is 0.723. The summed E-state index contributed by atoms with van der Waals surface area (Å²) in [6.45, 7) is 3.07. The Hall–Kier alpha value is -1.58. The number of fused-ring (bicyclic) bond motifs is 1. The molecule has 1 unspecified atom stereocenters. The first-order valence-corrected chi connectivity index (χ1v) is 7.04. The van der Waals surface area contributed by atoms with Gasteiger partial charge in [0.25, 0.3) is 0 Å². The van der Waals surface area contributed by atoms with Crippen molar-refractivity contribution in [2.45, 2.75) is 19.5 Å². The Balaban J connectivity index is 1.69. The van der Waals surface area contributed by atoms with Crippen LogP contribution in [0, 0.1) is 0 Å². The summed E-state index contributed by atoms with van der Waals surface area (Å²) in [5.41, 5.74) is 2.44. The number of para-hydroxylation sites is 1. The zero-order valence-electron chi connectivity index (χ0n) is 10.3. The summed E-state index contributed by atoms with van der Waals surface area (Å²) in [6, 6.07) is 15.3. The van der Waals surface area contributed by atoms with Crippen molar-refractivity contribution in [3.8, 4) is 0 Å². The van der Waals surface area contributed by atoms with Crippen molar-refractivity contribution < 1.29 is 0 Å². The first kappa shape index (κ1) is 11.5. The second-order valence-corrected chi connectivity index (χ2v) is 5.48. The molecule has 0 fully saturated rings. The fourth-order valence-electron chi connectivity index (χ4n) is 2.13. The van der Waals surface area contributed by atoms with Crippen LogP contribution in [0.1, 0.15) is 23.5 Å². The SMILES string of the molecule is CC(NCc1cc2ccccc2[nH]1)c1cccs1. The van der Waals surface area contributed by atoms with E-state index in [1.54, 1.807) is 11.3 Å². The molecule has 1 aromatic carbocycles. The van der Waals surface area contributed by atoms with E-state index in [0.29, 0.717) is 6.04 Å². The third-order valence-electron chi connectivity index (χ3n) is 3.15. The molecular weight excluding hydrogens is 240 g/mol.